The van der Waals surface area contributed by atoms with Crippen LogP contribution in [-0.2, 0) is 9.53 Å². The van der Waals surface area contributed by atoms with Crippen LogP contribution >= 0.6 is 0 Å². The van der Waals surface area contributed by atoms with Crippen LogP contribution in [0.15, 0.2) is 17.0 Å². The average molecular weight is 171 g/mol. The number of esters is 1. The highest BCUT2D eigenvalue weighted by Gasteiger charge is 2.21. The molecule has 0 amide bonds. The number of rotatable bonds is 3. The zero-order valence-electron chi connectivity index (χ0n) is 6.56. The minimum Gasteiger partial charge on any atom is -0.468 e. The number of aromatic nitrogens is 1. The van der Waals surface area contributed by atoms with E-state index in [2.05, 4.69) is 14.4 Å². The van der Waals surface area contributed by atoms with Gasteiger partial charge in [0.2, 0.25) is 0 Å². The molecule has 0 aliphatic carbocycles. The van der Waals surface area contributed by atoms with Gasteiger partial charge >= 0.3 is 5.97 Å². The highest BCUT2D eigenvalue weighted by Crippen LogP contribution is 2.15. The summed E-state index contributed by atoms with van der Waals surface area (Å²) >= 11 is 0. The Morgan fingerprint density at radius 3 is 3.08 bits per heavy atom. The summed E-state index contributed by atoms with van der Waals surface area (Å²) in [5, 5.41) is 12.2. The maximum Gasteiger partial charge on any atom is 0.315 e. The van der Waals surface area contributed by atoms with E-state index in [4.69, 9.17) is 5.11 Å². The van der Waals surface area contributed by atoms with E-state index in [0.717, 1.165) is 0 Å². The molecular formula is C7H9NO4. The molecule has 0 radical (unpaired) electrons. The van der Waals surface area contributed by atoms with Crippen LogP contribution in [0.5, 0.6) is 0 Å². The predicted molar refractivity (Wildman–Crippen MR) is 38.3 cm³/mol. The van der Waals surface area contributed by atoms with Crippen molar-refractivity contribution < 1.29 is 19.2 Å². The summed E-state index contributed by atoms with van der Waals surface area (Å²) < 4.78 is 8.98. The van der Waals surface area contributed by atoms with Gasteiger partial charge in [0, 0.05) is 5.56 Å². The smallest absolute Gasteiger partial charge is 0.315 e. The molecule has 1 heterocycles. The molecule has 5 heteroatoms. The number of aliphatic hydroxyl groups excluding tert-OH is 1. The predicted octanol–water partition coefficient (Wildman–Crippen LogP) is -0.0765. The SMILES string of the molecule is COC(=O)C(CO)c1cnoc1. The largest absolute Gasteiger partial charge is 0.468 e. The molecule has 1 unspecified atom stereocenters. The summed E-state index contributed by atoms with van der Waals surface area (Å²) in [5.74, 6) is -1.19. The number of ether oxygens (including phenoxy) is 1. The number of hydrogen-bond donors (Lipinski definition) is 1. The second kappa shape index (κ2) is 3.87. The fourth-order valence-electron chi connectivity index (χ4n) is 0.843. The Bertz CT molecular complexity index is 244. The summed E-state index contributed by atoms with van der Waals surface area (Å²) in [4.78, 5) is 11.0. The second-order valence-corrected chi connectivity index (χ2v) is 2.22. The molecule has 0 aliphatic heterocycles. The van der Waals surface area contributed by atoms with Crippen LogP contribution in [-0.4, -0.2) is 29.9 Å². The first-order valence-corrected chi connectivity index (χ1v) is 3.37. The number of nitrogens with zero attached hydrogens (tertiary/aromatic N) is 1. The van der Waals surface area contributed by atoms with Crippen LogP contribution in [0.4, 0.5) is 0 Å². The van der Waals surface area contributed by atoms with Crippen LogP contribution in [0.2, 0.25) is 0 Å². The molecule has 0 saturated carbocycles. The number of carbonyl (C=O) groups is 1. The topological polar surface area (TPSA) is 72.6 Å². The van der Waals surface area contributed by atoms with Crippen molar-refractivity contribution in [2.24, 2.45) is 0 Å². The summed E-state index contributed by atoms with van der Waals surface area (Å²) in [5.41, 5.74) is 0.518. The van der Waals surface area contributed by atoms with E-state index >= 15 is 0 Å². The van der Waals surface area contributed by atoms with Crippen LogP contribution in [0.25, 0.3) is 0 Å². The van der Waals surface area contributed by atoms with E-state index in [1.807, 2.05) is 0 Å². The molecule has 0 bridgehead atoms. The maximum absolute atomic E-state index is 11.0. The summed E-state index contributed by atoms with van der Waals surface area (Å²) in [6, 6.07) is 0. The first-order chi connectivity index (χ1) is 5.79. The van der Waals surface area contributed by atoms with Gasteiger partial charge in [-0.05, 0) is 0 Å². The molecule has 5 nitrogen and oxygen atoms in total. The monoisotopic (exact) mass is 171 g/mol. The lowest BCUT2D eigenvalue weighted by Crippen LogP contribution is -2.17. The molecule has 1 atom stereocenters. The van der Waals surface area contributed by atoms with Gasteiger partial charge in [-0.1, -0.05) is 5.16 Å². The van der Waals surface area contributed by atoms with Gasteiger partial charge in [0.05, 0.1) is 19.9 Å². The lowest BCUT2D eigenvalue weighted by atomic mass is 10.1. The summed E-state index contributed by atoms with van der Waals surface area (Å²) in [7, 11) is 1.26. The Balaban J connectivity index is 2.76. The van der Waals surface area contributed by atoms with Crippen molar-refractivity contribution in [1.29, 1.82) is 0 Å². The molecule has 0 aliphatic rings. The molecular weight excluding hydrogens is 162 g/mol. The number of hydrogen-bond acceptors (Lipinski definition) is 5. The van der Waals surface area contributed by atoms with Crippen LogP contribution in [0, 0.1) is 0 Å². The van der Waals surface area contributed by atoms with Gasteiger partial charge in [-0.25, -0.2) is 0 Å². The first kappa shape index (κ1) is 8.73. The van der Waals surface area contributed by atoms with Crippen molar-refractivity contribution in [3.63, 3.8) is 0 Å². The van der Waals surface area contributed by atoms with Gasteiger partial charge in [0.25, 0.3) is 0 Å². The molecule has 0 saturated heterocycles. The van der Waals surface area contributed by atoms with E-state index in [1.165, 1.54) is 19.6 Å². The molecule has 1 rings (SSSR count). The van der Waals surface area contributed by atoms with Gasteiger partial charge in [-0.15, -0.1) is 0 Å². The molecule has 0 aromatic carbocycles. The highest BCUT2D eigenvalue weighted by molar-refractivity contribution is 5.77. The lowest BCUT2D eigenvalue weighted by molar-refractivity contribution is -0.143. The fraction of sp³-hybridized carbons (Fsp3) is 0.429. The molecule has 1 aromatic rings. The van der Waals surface area contributed by atoms with E-state index < -0.39 is 11.9 Å². The number of aliphatic hydroxyl groups is 1. The fourth-order valence-corrected chi connectivity index (χ4v) is 0.843. The Morgan fingerprint density at radius 2 is 2.67 bits per heavy atom. The van der Waals surface area contributed by atoms with E-state index in [0.29, 0.717) is 5.56 Å². The Morgan fingerprint density at radius 1 is 1.92 bits per heavy atom. The molecule has 0 fully saturated rings. The Labute approximate surface area is 68.9 Å². The molecule has 12 heavy (non-hydrogen) atoms. The molecule has 1 aromatic heterocycles. The Hall–Kier alpha value is -1.36. The van der Waals surface area contributed by atoms with Crippen molar-refractivity contribution in [1.82, 2.24) is 5.16 Å². The van der Waals surface area contributed by atoms with Crippen molar-refractivity contribution in [2.45, 2.75) is 5.92 Å². The minimum atomic E-state index is -0.693. The van der Waals surface area contributed by atoms with Gasteiger partial charge in [-0.2, -0.15) is 0 Å². The van der Waals surface area contributed by atoms with Gasteiger partial charge < -0.3 is 14.4 Å². The zero-order valence-corrected chi connectivity index (χ0v) is 6.56. The highest BCUT2D eigenvalue weighted by atomic mass is 16.5. The maximum atomic E-state index is 11.0. The lowest BCUT2D eigenvalue weighted by Gasteiger charge is -2.07. The normalized spacial score (nSPS) is 12.5. The van der Waals surface area contributed by atoms with Crippen molar-refractivity contribution >= 4 is 5.97 Å². The third-order valence-corrected chi connectivity index (χ3v) is 1.52. The van der Waals surface area contributed by atoms with Crippen molar-refractivity contribution in [3.05, 3.63) is 18.0 Å². The number of methoxy groups -OCH3 is 1. The van der Waals surface area contributed by atoms with Crippen LogP contribution in [0.1, 0.15) is 11.5 Å². The number of carbonyl (C=O) groups excluding carboxylic acids is 1. The molecule has 66 valence electrons. The standard InChI is InChI=1S/C7H9NO4/c1-11-7(10)6(3-9)5-2-8-12-4-5/h2,4,6,9H,3H2,1H3. The van der Waals surface area contributed by atoms with E-state index in [1.54, 1.807) is 0 Å². The quantitative estimate of drug-likeness (QED) is 0.644. The van der Waals surface area contributed by atoms with Crippen molar-refractivity contribution in [2.75, 3.05) is 13.7 Å². The average Bonchev–Trinajstić information content (AvgIpc) is 2.58. The molecule has 0 spiro atoms. The summed E-state index contributed by atoms with van der Waals surface area (Å²) in [6.45, 7) is -0.312. The third kappa shape index (κ3) is 1.62. The first-order valence-electron chi connectivity index (χ1n) is 3.37. The van der Waals surface area contributed by atoms with E-state index in [-0.39, 0.29) is 6.61 Å². The molecule has 1 N–H and O–H groups in total. The van der Waals surface area contributed by atoms with Gasteiger partial charge in [0.15, 0.2) is 0 Å². The third-order valence-electron chi connectivity index (χ3n) is 1.52. The zero-order chi connectivity index (χ0) is 8.97. The minimum absolute atomic E-state index is 0.312. The Kier molecular flexibility index (Phi) is 2.82. The van der Waals surface area contributed by atoms with E-state index in [9.17, 15) is 4.79 Å². The van der Waals surface area contributed by atoms with Crippen LogP contribution in [0.3, 0.4) is 0 Å². The van der Waals surface area contributed by atoms with Gasteiger partial charge in [-0.3, -0.25) is 4.79 Å². The van der Waals surface area contributed by atoms with Crippen LogP contribution < -0.4 is 0 Å². The van der Waals surface area contributed by atoms with Gasteiger partial charge in [0.1, 0.15) is 12.2 Å². The second-order valence-electron chi connectivity index (χ2n) is 2.22. The summed E-state index contributed by atoms with van der Waals surface area (Å²) in [6.07, 6.45) is 2.68. The van der Waals surface area contributed by atoms with Crippen molar-refractivity contribution in [3.8, 4) is 0 Å².